The molecule has 3 rings (SSSR count). The summed E-state index contributed by atoms with van der Waals surface area (Å²) in [5.74, 6) is -0.696. The van der Waals surface area contributed by atoms with Crippen LogP contribution in [0.3, 0.4) is 0 Å². The summed E-state index contributed by atoms with van der Waals surface area (Å²) in [5.41, 5.74) is 3.44. The van der Waals surface area contributed by atoms with Crippen LogP contribution in [0, 0.1) is 17.2 Å². The topological polar surface area (TPSA) is 130 Å². The van der Waals surface area contributed by atoms with Gasteiger partial charge in [0.25, 0.3) is 12.3 Å². The third-order valence-electron chi connectivity index (χ3n) is 5.20. The van der Waals surface area contributed by atoms with Crippen molar-refractivity contribution in [3.8, 4) is 6.07 Å². The average Bonchev–Trinajstić information content (AvgIpc) is 3.12. The molecular formula is C19H22F2N6O2. The molecule has 0 aromatic carbocycles. The highest BCUT2D eigenvalue weighted by Gasteiger charge is 2.35. The molecule has 2 aromatic rings. The minimum atomic E-state index is -2.99. The highest BCUT2D eigenvalue weighted by Crippen LogP contribution is 2.34. The Morgan fingerprint density at radius 2 is 2.17 bits per heavy atom. The lowest BCUT2D eigenvalue weighted by atomic mass is 9.85. The summed E-state index contributed by atoms with van der Waals surface area (Å²) in [6, 6.07) is 4.86. The van der Waals surface area contributed by atoms with Gasteiger partial charge in [0.15, 0.2) is 11.4 Å². The molecule has 1 amide bonds. The molecule has 1 aliphatic rings. The average molecular weight is 404 g/mol. The first-order chi connectivity index (χ1) is 13.7. The van der Waals surface area contributed by atoms with Crippen LogP contribution in [-0.4, -0.2) is 32.2 Å². The van der Waals surface area contributed by atoms with Crippen molar-refractivity contribution >= 4 is 17.4 Å². The quantitative estimate of drug-likeness (QED) is 0.679. The number of nitrogens with two attached hydrogens (primary N) is 1. The van der Waals surface area contributed by atoms with Crippen molar-refractivity contribution in [2.24, 2.45) is 11.7 Å². The number of pyridine rings is 1. The Kier molecular flexibility index (Phi) is 5.79. The maximum Gasteiger partial charge on any atom is 0.272 e. The van der Waals surface area contributed by atoms with E-state index in [4.69, 9.17) is 5.73 Å². The predicted octanol–water partition coefficient (Wildman–Crippen LogP) is 2.85. The molecule has 3 unspecified atom stereocenters. The standard InChI is InChI=1S/C19H22F2N6O2/c1-19(29,18(20)21)15-7-6-12(9-24-15)25-17-13(16(23)28)10-27(26-17)14-5-3-2-4-11(14)8-22/h6-7,9-11,14,18,29H,2-5H2,1H3,(H2,23,28)(H,25,26). The molecule has 2 aromatic heterocycles. The first-order valence-corrected chi connectivity index (χ1v) is 9.26. The first-order valence-electron chi connectivity index (χ1n) is 9.26. The predicted molar refractivity (Wildman–Crippen MR) is 100 cm³/mol. The number of primary amides is 1. The number of amides is 1. The van der Waals surface area contributed by atoms with Crippen LogP contribution in [0.2, 0.25) is 0 Å². The van der Waals surface area contributed by atoms with Crippen molar-refractivity contribution in [3.05, 3.63) is 35.8 Å². The summed E-state index contributed by atoms with van der Waals surface area (Å²) in [6.45, 7) is 0.982. The molecule has 2 heterocycles. The van der Waals surface area contributed by atoms with Crippen LogP contribution in [0.1, 0.15) is 54.7 Å². The van der Waals surface area contributed by atoms with Crippen LogP contribution in [0.25, 0.3) is 0 Å². The van der Waals surface area contributed by atoms with Crippen LogP contribution >= 0.6 is 0 Å². The molecule has 1 fully saturated rings. The monoisotopic (exact) mass is 404 g/mol. The lowest BCUT2D eigenvalue weighted by Crippen LogP contribution is -2.31. The Balaban J connectivity index is 1.86. The van der Waals surface area contributed by atoms with Crippen LogP contribution in [0.4, 0.5) is 20.3 Å². The minimum absolute atomic E-state index is 0.149. The van der Waals surface area contributed by atoms with Gasteiger partial charge in [-0.2, -0.15) is 10.4 Å². The second kappa shape index (κ2) is 8.13. The second-order valence-corrected chi connectivity index (χ2v) is 7.33. The third kappa shape index (κ3) is 4.19. The number of nitrogens with one attached hydrogen (secondary N) is 1. The number of hydrogen-bond acceptors (Lipinski definition) is 6. The molecule has 0 aliphatic heterocycles. The zero-order valence-electron chi connectivity index (χ0n) is 15.8. The summed E-state index contributed by atoms with van der Waals surface area (Å²) < 4.78 is 27.5. The van der Waals surface area contributed by atoms with Gasteiger partial charge in [-0.1, -0.05) is 12.8 Å². The van der Waals surface area contributed by atoms with E-state index >= 15 is 0 Å². The highest BCUT2D eigenvalue weighted by molar-refractivity contribution is 5.98. The van der Waals surface area contributed by atoms with Gasteiger partial charge in [-0.3, -0.25) is 14.5 Å². The Hall–Kier alpha value is -3.06. The van der Waals surface area contributed by atoms with Gasteiger partial charge in [-0.05, 0) is 31.9 Å². The summed E-state index contributed by atoms with van der Waals surface area (Å²) in [7, 11) is 0. The van der Waals surface area contributed by atoms with E-state index in [2.05, 4.69) is 21.5 Å². The Morgan fingerprint density at radius 3 is 2.76 bits per heavy atom. The van der Waals surface area contributed by atoms with Crippen molar-refractivity contribution in [2.45, 2.75) is 50.7 Å². The number of anilines is 2. The molecule has 4 N–H and O–H groups in total. The fraction of sp³-hybridized carbons (Fsp3) is 0.474. The number of carbonyl (C=O) groups is 1. The van der Waals surface area contributed by atoms with Crippen LogP contribution < -0.4 is 11.1 Å². The van der Waals surface area contributed by atoms with E-state index < -0.39 is 17.9 Å². The van der Waals surface area contributed by atoms with Crippen LogP contribution in [0.15, 0.2) is 24.5 Å². The molecule has 0 saturated heterocycles. The number of halogens is 2. The third-order valence-corrected chi connectivity index (χ3v) is 5.20. The maximum absolute atomic E-state index is 12.9. The Labute approximate surface area is 166 Å². The van der Waals surface area contributed by atoms with Crippen LogP contribution in [0.5, 0.6) is 0 Å². The van der Waals surface area contributed by atoms with E-state index in [9.17, 15) is 23.9 Å². The zero-order chi connectivity index (χ0) is 21.2. The number of rotatable bonds is 6. The molecule has 1 saturated carbocycles. The van der Waals surface area contributed by atoms with Crippen molar-refractivity contribution in [1.29, 1.82) is 5.26 Å². The molecular weight excluding hydrogens is 382 g/mol. The highest BCUT2D eigenvalue weighted by atomic mass is 19.3. The van der Waals surface area contributed by atoms with Crippen molar-refractivity contribution < 1.29 is 18.7 Å². The van der Waals surface area contributed by atoms with E-state index in [-0.39, 0.29) is 29.0 Å². The number of aliphatic hydroxyl groups is 1. The molecule has 3 atom stereocenters. The lowest BCUT2D eigenvalue weighted by Gasteiger charge is -2.26. The van der Waals surface area contributed by atoms with E-state index in [0.29, 0.717) is 5.69 Å². The normalized spacial score (nSPS) is 21.4. The number of hydrogen-bond donors (Lipinski definition) is 3. The fourth-order valence-corrected chi connectivity index (χ4v) is 3.43. The Morgan fingerprint density at radius 1 is 1.45 bits per heavy atom. The SMILES string of the molecule is CC(O)(c1ccc(Nc2nn(C3CCCCC3C#N)cc2C(N)=O)cn1)C(F)F. The van der Waals surface area contributed by atoms with Crippen molar-refractivity contribution in [3.63, 3.8) is 0 Å². The molecule has 29 heavy (non-hydrogen) atoms. The van der Waals surface area contributed by atoms with Crippen molar-refractivity contribution in [2.75, 3.05) is 5.32 Å². The molecule has 0 radical (unpaired) electrons. The van der Waals surface area contributed by atoms with E-state index in [1.807, 2.05) is 0 Å². The number of nitrogens with zero attached hydrogens (tertiary/aromatic N) is 4. The second-order valence-electron chi connectivity index (χ2n) is 7.33. The lowest BCUT2D eigenvalue weighted by molar-refractivity contribution is -0.0910. The first kappa shape index (κ1) is 20.7. The zero-order valence-corrected chi connectivity index (χ0v) is 15.8. The van der Waals surface area contributed by atoms with Gasteiger partial charge in [0.05, 0.1) is 35.6 Å². The fourth-order valence-electron chi connectivity index (χ4n) is 3.43. The molecule has 0 bridgehead atoms. The van der Waals surface area contributed by atoms with Gasteiger partial charge in [-0.15, -0.1) is 0 Å². The van der Waals surface area contributed by atoms with Gasteiger partial charge in [0, 0.05) is 6.20 Å². The van der Waals surface area contributed by atoms with Gasteiger partial charge >= 0.3 is 0 Å². The van der Waals surface area contributed by atoms with Crippen LogP contribution in [-0.2, 0) is 5.60 Å². The molecule has 1 aliphatic carbocycles. The largest absolute Gasteiger partial charge is 0.378 e. The Bertz CT molecular complexity index is 920. The molecule has 8 nitrogen and oxygen atoms in total. The summed E-state index contributed by atoms with van der Waals surface area (Å²) in [5, 5.41) is 26.5. The van der Waals surface area contributed by atoms with E-state index in [0.717, 1.165) is 32.6 Å². The van der Waals surface area contributed by atoms with Gasteiger partial charge in [0.1, 0.15) is 5.56 Å². The summed E-state index contributed by atoms with van der Waals surface area (Å²) in [6.07, 6.45) is 3.27. The number of alkyl halides is 2. The molecule has 154 valence electrons. The number of aromatic nitrogens is 3. The van der Waals surface area contributed by atoms with Crippen molar-refractivity contribution in [1.82, 2.24) is 14.8 Å². The maximum atomic E-state index is 12.9. The number of carbonyl (C=O) groups excluding carboxylic acids is 1. The minimum Gasteiger partial charge on any atom is -0.378 e. The van der Waals surface area contributed by atoms with E-state index in [1.54, 1.807) is 4.68 Å². The molecule has 0 spiro atoms. The summed E-state index contributed by atoms with van der Waals surface area (Å²) >= 11 is 0. The summed E-state index contributed by atoms with van der Waals surface area (Å²) in [4.78, 5) is 15.7. The van der Waals surface area contributed by atoms with Gasteiger partial charge in [0.2, 0.25) is 0 Å². The van der Waals surface area contributed by atoms with Gasteiger partial charge < -0.3 is 16.2 Å². The van der Waals surface area contributed by atoms with Gasteiger partial charge in [-0.25, -0.2) is 8.78 Å². The smallest absolute Gasteiger partial charge is 0.272 e. The van der Waals surface area contributed by atoms with E-state index in [1.165, 1.54) is 24.5 Å². The number of nitriles is 1. The molecule has 10 heteroatoms.